The molecule has 0 saturated heterocycles. The second-order valence-electron chi connectivity index (χ2n) is 9.83. The van der Waals surface area contributed by atoms with Gasteiger partial charge in [0.05, 0.1) is 12.7 Å². The standard InChI is InChI=1S/C30H29F4N5O5/c1-43-28(22-7-3-2-4-8-22)26(40)15-20-10-12-38(27(41)16-20)13-11-23(31)18-39-19-25(36-37-39)29(42)35-17-21-6-5-9-24(14-21)44-30(32,33)34/h2-10,12,14,16,19,23,28H,11,13,15,17-18H2,1H3,(H,35,42)/t23?,28-/m1/s1. The Balaban J connectivity index is 1.25. The van der Waals surface area contributed by atoms with Crippen LogP contribution in [0.5, 0.6) is 5.75 Å². The Kier molecular flexibility index (Phi) is 10.6. The number of alkyl halides is 4. The van der Waals surface area contributed by atoms with Gasteiger partial charge in [-0.05, 0) is 41.3 Å². The highest BCUT2D eigenvalue weighted by Crippen LogP contribution is 2.23. The number of aromatic nitrogens is 4. The number of hydrogen-bond acceptors (Lipinski definition) is 7. The third kappa shape index (κ3) is 9.33. The first-order chi connectivity index (χ1) is 21.0. The zero-order chi connectivity index (χ0) is 31.7. The number of carbonyl (C=O) groups excluding carboxylic acids is 2. The molecule has 0 radical (unpaired) electrons. The second kappa shape index (κ2) is 14.6. The number of amides is 1. The molecule has 1 unspecified atom stereocenters. The van der Waals surface area contributed by atoms with E-state index >= 15 is 0 Å². The number of halogens is 4. The normalized spacial score (nSPS) is 12.8. The molecule has 1 N–H and O–H groups in total. The van der Waals surface area contributed by atoms with E-state index in [0.29, 0.717) is 16.7 Å². The van der Waals surface area contributed by atoms with Crippen molar-refractivity contribution < 1.29 is 36.6 Å². The van der Waals surface area contributed by atoms with Crippen molar-refractivity contribution in [2.24, 2.45) is 0 Å². The Labute approximate surface area is 249 Å². The molecule has 2 aromatic heterocycles. The van der Waals surface area contributed by atoms with Crippen molar-refractivity contribution in [3.8, 4) is 5.75 Å². The number of methoxy groups -OCH3 is 1. The Morgan fingerprint density at radius 1 is 1.02 bits per heavy atom. The molecule has 0 bridgehead atoms. The predicted molar refractivity (Wildman–Crippen MR) is 149 cm³/mol. The molecule has 2 aromatic carbocycles. The zero-order valence-corrected chi connectivity index (χ0v) is 23.5. The third-order valence-corrected chi connectivity index (χ3v) is 6.49. The molecule has 0 fully saturated rings. The number of rotatable bonds is 14. The summed E-state index contributed by atoms with van der Waals surface area (Å²) in [5.74, 6) is -1.28. The molecule has 10 nitrogen and oxygen atoms in total. The Morgan fingerprint density at radius 2 is 1.80 bits per heavy atom. The van der Waals surface area contributed by atoms with Crippen LogP contribution in [0.2, 0.25) is 0 Å². The summed E-state index contributed by atoms with van der Waals surface area (Å²) in [5, 5.41) is 9.98. The van der Waals surface area contributed by atoms with E-state index in [4.69, 9.17) is 4.74 Å². The Bertz CT molecular complexity index is 1620. The average Bonchev–Trinajstić information content (AvgIpc) is 3.44. The lowest BCUT2D eigenvalue weighted by molar-refractivity contribution is -0.274. The van der Waals surface area contributed by atoms with Gasteiger partial charge < -0.3 is 19.4 Å². The molecule has 0 aliphatic carbocycles. The number of ether oxygens (including phenoxy) is 2. The molecule has 4 rings (SSSR count). The summed E-state index contributed by atoms with van der Waals surface area (Å²) in [6.07, 6.45) is -4.31. The number of nitrogens with one attached hydrogen (secondary N) is 1. The SMILES string of the molecule is CO[C@@H](C(=O)Cc1ccn(CCC(F)Cn2cc(C(=O)NCc3cccc(OC(F)(F)F)c3)nn2)c(=O)c1)c1ccccc1. The summed E-state index contributed by atoms with van der Waals surface area (Å²) < 4.78 is 63.7. The minimum atomic E-state index is -4.84. The van der Waals surface area contributed by atoms with Crippen molar-refractivity contribution in [3.05, 3.63) is 112 Å². The summed E-state index contributed by atoms with van der Waals surface area (Å²) in [6.45, 7) is -0.261. The van der Waals surface area contributed by atoms with Crippen LogP contribution in [0.1, 0.15) is 39.7 Å². The molecule has 0 spiro atoms. The summed E-state index contributed by atoms with van der Waals surface area (Å²) in [5.41, 5.74) is 1.10. The molecule has 44 heavy (non-hydrogen) atoms. The van der Waals surface area contributed by atoms with E-state index in [0.717, 1.165) is 16.8 Å². The molecule has 14 heteroatoms. The fraction of sp³-hybridized carbons (Fsp3) is 0.300. The van der Waals surface area contributed by atoms with Crippen molar-refractivity contribution in [2.45, 2.75) is 51.1 Å². The minimum Gasteiger partial charge on any atom is -0.406 e. The van der Waals surface area contributed by atoms with Crippen molar-refractivity contribution in [1.29, 1.82) is 0 Å². The van der Waals surface area contributed by atoms with Gasteiger partial charge in [-0.15, -0.1) is 18.3 Å². The third-order valence-electron chi connectivity index (χ3n) is 6.49. The van der Waals surface area contributed by atoms with E-state index in [2.05, 4.69) is 20.4 Å². The maximum atomic E-state index is 14.7. The van der Waals surface area contributed by atoms with E-state index in [1.807, 2.05) is 6.07 Å². The molecule has 1 amide bonds. The fourth-order valence-electron chi connectivity index (χ4n) is 4.41. The van der Waals surface area contributed by atoms with E-state index in [1.165, 1.54) is 42.3 Å². The first-order valence-electron chi connectivity index (χ1n) is 13.5. The first kappa shape index (κ1) is 32.1. The van der Waals surface area contributed by atoms with Gasteiger partial charge in [-0.1, -0.05) is 47.7 Å². The molecule has 0 aliphatic heterocycles. The van der Waals surface area contributed by atoms with Crippen LogP contribution >= 0.6 is 0 Å². The summed E-state index contributed by atoms with van der Waals surface area (Å²) >= 11 is 0. The maximum Gasteiger partial charge on any atom is 0.573 e. The van der Waals surface area contributed by atoms with Gasteiger partial charge in [-0.2, -0.15) is 0 Å². The van der Waals surface area contributed by atoms with Crippen molar-refractivity contribution >= 4 is 11.7 Å². The van der Waals surface area contributed by atoms with E-state index in [9.17, 15) is 31.9 Å². The zero-order valence-electron chi connectivity index (χ0n) is 23.5. The number of aryl methyl sites for hydroxylation is 1. The van der Waals surface area contributed by atoms with Crippen LogP contribution in [0.15, 0.2) is 83.9 Å². The Hall–Kier alpha value is -4.85. The smallest absolute Gasteiger partial charge is 0.406 e. The van der Waals surface area contributed by atoms with Gasteiger partial charge in [-0.25, -0.2) is 9.07 Å². The number of ketones is 1. The van der Waals surface area contributed by atoms with Crippen LogP contribution < -0.4 is 15.6 Å². The molecule has 2 atom stereocenters. The van der Waals surface area contributed by atoms with E-state index < -0.39 is 30.3 Å². The lowest BCUT2D eigenvalue weighted by Crippen LogP contribution is -2.24. The molecule has 2 heterocycles. The number of benzene rings is 2. The van der Waals surface area contributed by atoms with Crippen LogP contribution in [0.4, 0.5) is 17.6 Å². The highest BCUT2D eigenvalue weighted by Gasteiger charge is 2.31. The maximum absolute atomic E-state index is 14.7. The molecular weight excluding hydrogens is 586 g/mol. The van der Waals surface area contributed by atoms with Crippen LogP contribution in [-0.2, 0) is 35.6 Å². The largest absolute Gasteiger partial charge is 0.573 e. The van der Waals surface area contributed by atoms with Crippen LogP contribution in [0, 0.1) is 0 Å². The predicted octanol–water partition coefficient (Wildman–Crippen LogP) is 4.20. The number of pyridine rings is 1. The monoisotopic (exact) mass is 615 g/mol. The average molecular weight is 616 g/mol. The second-order valence-corrected chi connectivity index (χ2v) is 9.83. The van der Waals surface area contributed by atoms with Gasteiger partial charge >= 0.3 is 6.36 Å². The fourth-order valence-corrected chi connectivity index (χ4v) is 4.41. The molecule has 232 valence electrons. The van der Waals surface area contributed by atoms with E-state index in [1.54, 1.807) is 30.3 Å². The van der Waals surface area contributed by atoms with Crippen LogP contribution in [-0.4, -0.2) is 50.9 Å². The molecule has 0 aliphatic rings. The van der Waals surface area contributed by atoms with Gasteiger partial charge in [0.25, 0.3) is 11.5 Å². The molecule has 0 saturated carbocycles. The van der Waals surface area contributed by atoms with Crippen LogP contribution in [0.3, 0.4) is 0 Å². The van der Waals surface area contributed by atoms with Gasteiger partial charge in [0.1, 0.15) is 18.0 Å². The first-order valence-corrected chi connectivity index (χ1v) is 13.5. The quantitative estimate of drug-likeness (QED) is 0.212. The number of nitrogens with zero attached hydrogens (tertiary/aromatic N) is 4. The minimum absolute atomic E-state index is 0.00368. The summed E-state index contributed by atoms with van der Waals surface area (Å²) in [4.78, 5) is 37.8. The topological polar surface area (TPSA) is 117 Å². The van der Waals surface area contributed by atoms with Gasteiger partial charge in [0, 0.05) is 38.9 Å². The number of Topliss-reactive ketones (excluding diaryl/α,β-unsaturated/α-hetero) is 1. The number of carbonyl (C=O) groups is 2. The van der Waals surface area contributed by atoms with Crippen molar-refractivity contribution in [1.82, 2.24) is 24.9 Å². The van der Waals surface area contributed by atoms with Crippen molar-refractivity contribution in [3.63, 3.8) is 0 Å². The van der Waals surface area contributed by atoms with Gasteiger partial charge in [-0.3, -0.25) is 14.4 Å². The lowest BCUT2D eigenvalue weighted by atomic mass is 10.0. The lowest BCUT2D eigenvalue weighted by Gasteiger charge is -2.15. The highest BCUT2D eigenvalue weighted by atomic mass is 19.4. The number of hydrogen-bond donors (Lipinski definition) is 1. The molecular formula is C30H29F4N5O5. The van der Waals surface area contributed by atoms with E-state index in [-0.39, 0.29) is 49.5 Å². The Morgan fingerprint density at radius 3 is 2.50 bits per heavy atom. The molecule has 4 aromatic rings. The summed E-state index contributed by atoms with van der Waals surface area (Å²) in [7, 11) is 1.44. The summed E-state index contributed by atoms with van der Waals surface area (Å²) in [6, 6.07) is 17.1. The van der Waals surface area contributed by atoms with Gasteiger partial charge in [0.2, 0.25) is 0 Å². The highest BCUT2D eigenvalue weighted by molar-refractivity contribution is 5.91. The van der Waals surface area contributed by atoms with Crippen LogP contribution in [0.25, 0.3) is 0 Å². The van der Waals surface area contributed by atoms with Crippen molar-refractivity contribution in [2.75, 3.05) is 7.11 Å². The van der Waals surface area contributed by atoms with Gasteiger partial charge in [0.15, 0.2) is 11.5 Å².